The number of nitrogens with one attached hydrogen (secondary N) is 2. The highest BCUT2D eigenvalue weighted by Crippen LogP contribution is 2.53. The number of alkyl halides is 12. The van der Waals surface area contributed by atoms with Crippen molar-refractivity contribution < 1.29 is 90.4 Å². The Morgan fingerprint density at radius 2 is 0.923 bits per heavy atom. The van der Waals surface area contributed by atoms with Gasteiger partial charge in [0.1, 0.15) is 35.2 Å². The zero-order valence-electron chi connectivity index (χ0n) is 36.1. The molecule has 0 radical (unpaired) electrons. The van der Waals surface area contributed by atoms with Crippen LogP contribution >= 0.6 is 23.3 Å². The Labute approximate surface area is 381 Å². The van der Waals surface area contributed by atoms with E-state index in [9.17, 15) is 67.4 Å². The smallest absolute Gasteiger partial charge is 0.422 e. The van der Waals surface area contributed by atoms with Crippen LogP contribution in [-0.2, 0) is 46.8 Å². The minimum atomic E-state index is -4.61. The third kappa shape index (κ3) is 18.7. The number of aryl methyl sites for hydroxylation is 4. The van der Waals surface area contributed by atoms with Crippen molar-refractivity contribution in [1.82, 2.24) is 10.6 Å². The SMILES string of the molecule is CP(=S)(Cl)OCC(F)(F)F.Cc1cc(OCC(F)(F)F)cc(C)c1C1=C(O)C(C)(C)NC1=O.Cc1cc(OCC(F)(F)F)cc(C)c1C1=C(OP(C)(=S)OCC(F)(F)F)C(C)(C)NC1=O. The molecule has 2 unspecified atom stereocenters. The predicted molar refractivity (Wildman–Crippen MR) is 227 cm³/mol. The van der Waals surface area contributed by atoms with E-state index in [1.165, 1.54) is 37.6 Å². The van der Waals surface area contributed by atoms with E-state index in [0.29, 0.717) is 33.4 Å². The maximum absolute atomic E-state index is 12.8. The molecule has 368 valence electrons. The van der Waals surface area contributed by atoms with Crippen molar-refractivity contribution in [3.63, 3.8) is 0 Å². The number of aliphatic hydroxyl groups excluding tert-OH is 1. The van der Waals surface area contributed by atoms with E-state index in [1.807, 2.05) is 0 Å². The summed E-state index contributed by atoms with van der Waals surface area (Å²) in [5.41, 5.74) is -1.71. The first-order valence-corrected chi connectivity index (χ1v) is 25.5. The van der Waals surface area contributed by atoms with Crippen LogP contribution in [0.25, 0.3) is 11.1 Å². The van der Waals surface area contributed by atoms with E-state index in [0.717, 1.165) is 0 Å². The van der Waals surface area contributed by atoms with Crippen molar-refractivity contribution in [2.75, 3.05) is 39.8 Å². The van der Waals surface area contributed by atoms with Crippen LogP contribution < -0.4 is 20.1 Å². The first-order chi connectivity index (χ1) is 28.9. The molecule has 0 bridgehead atoms. The molecule has 2 atom stereocenters. The number of ether oxygens (including phenoxy) is 2. The summed E-state index contributed by atoms with van der Waals surface area (Å²) in [7, 11) is 0. The van der Waals surface area contributed by atoms with E-state index >= 15 is 0 Å². The Balaban J connectivity index is 0.000000382. The normalized spacial score (nSPS) is 18.1. The zero-order chi connectivity index (χ0) is 50.7. The van der Waals surface area contributed by atoms with Gasteiger partial charge in [-0.3, -0.25) is 9.59 Å². The summed E-state index contributed by atoms with van der Waals surface area (Å²) in [5, 5.41) is 15.6. The molecule has 0 spiro atoms. The van der Waals surface area contributed by atoms with E-state index < -0.39 is 86.1 Å². The molecular formula is C38H45ClF12N2O8P2S2. The molecule has 10 nitrogen and oxygen atoms in total. The molecule has 27 heteroatoms. The number of amides is 2. The van der Waals surface area contributed by atoms with E-state index in [-0.39, 0.29) is 34.2 Å². The van der Waals surface area contributed by atoms with Gasteiger partial charge in [-0.2, -0.15) is 52.7 Å². The summed E-state index contributed by atoms with van der Waals surface area (Å²) in [6.07, 6.45) is -17.9. The van der Waals surface area contributed by atoms with Crippen LogP contribution in [0.15, 0.2) is 35.8 Å². The highest BCUT2D eigenvalue weighted by Gasteiger charge is 2.44. The van der Waals surface area contributed by atoms with Gasteiger partial charge in [-0.1, -0.05) is 23.0 Å². The number of aliphatic hydroxyl groups is 1. The van der Waals surface area contributed by atoms with Gasteiger partial charge in [0, 0.05) is 13.3 Å². The molecule has 0 aliphatic carbocycles. The molecule has 2 amide bonds. The van der Waals surface area contributed by atoms with Crippen LogP contribution in [0.5, 0.6) is 11.5 Å². The van der Waals surface area contributed by atoms with Crippen LogP contribution in [0.2, 0.25) is 0 Å². The predicted octanol–water partition coefficient (Wildman–Crippen LogP) is 11.6. The van der Waals surface area contributed by atoms with Gasteiger partial charge in [-0.15, -0.1) is 0 Å². The van der Waals surface area contributed by atoms with Gasteiger partial charge >= 0.3 is 24.7 Å². The molecule has 4 rings (SSSR count). The molecule has 2 aromatic carbocycles. The summed E-state index contributed by atoms with van der Waals surface area (Å²) in [4.78, 5) is 24.9. The molecule has 2 aliphatic heterocycles. The summed E-state index contributed by atoms with van der Waals surface area (Å²) < 4.78 is 170. The lowest BCUT2D eigenvalue weighted by atomic mass is 9.92. The highest BCUT2D eigenvalue weighted by molar-refractivity contribution is 8.24. The Morgan fingerprint density at radius 1 is 0.600 bits per heavy atom. The minimum absolute atomic E-state index is 0.00525. The van der Waals surface area contributed by atoms with Gasteiger partial charge in [0.25, 0.3) is 11.8 Å². The molecule has 0 aromatic heterocycles. The second-order valence-electron chi connectivity index (χ2n) is 15.6. The summed E-state index contributed by atoms with van der Waals surface area (Å²) in [6, 6.07) is 5.51. The number of hydrogen-bond donors (Lipinski definition) is 3. The van der Waals surface area contributed by atoms with Crippen LogP contribution in [0.4, 0.5) is 52.7 Å². The van der Waals surface area contributed by atoms with E-state index in [4.69, 9.17) is 41.6 Å². The van der Waals surface area contributed by atoms with Crippen LogP contribution in [0.1, 0.15) is 61.1 Å². The lowest BCUT2D eigenvalue weighted by Gasteiger charge is -2.28. The summed E-state index contributed by atoms with van der Waals surface area (Å²) >= 11 is 14.8. The number of rotatable bonds is 12. The summed E-state index contributed by atoms with van der Waals surface area (Å²) in [5.74, 6) is -1.04. The second-order valence-corrected chi connectivity index (χ2v) is 26.0. The van der Waals surface area contributed by atoms with Crippen LogP contribution in [-0.4, -0.2) is 92.5 Å². The lowest BCUT2D eigenvalue weighted by molar-refractivity contribution is -0.154. The molecule has 0 saturated carbocycles. The third-order valence-corrected chi connectivity index (χ3v) is 11.3. The molecule has 2 aromatic rings. The molecule has 0 fully saturated rings. The number of carbonyl (C=O) groups excluding carboxylic acids is 2. The minimum Gasteiger partial charge on any atom is -0.509 e. The highest BCUT2D eigenvalue weighted by atomic mass is 35.7. The lowest BCUT2D eigenvalue weighted by Crippen LogP contribution is -2.38. The molecule has 2 heterocycles. The molecule has 0 saturated heterocycles. The zero-order valence-corrected chi connectivity index (χ0v) is 40.2. The van der Waals surface area contributed by atoms with Gasteiger partial charge in [0.2, 0.25) is 6.49 Å². The topological polar surface area (TPSA) is 125 Å². The van der Waals surface area contributed by atoms with Crippen molar-refractivity contribution in [3.05, 3.63) is 69.2 Å². The van der Waals surface area contributed by atoms with Crippen molar-refractivity contribution >= 4 is 69.9 Å². The number of hydrogen-bond acceptors (Lipinski definition) is 10. The molecular weight excluding hydrogens is 1000 g/mol. The van der Waals surface area contributed by atoms with E-state index in [1.54, 1.807) is 55.4 Å². The van der Waals surface area contributed by atoms with Gasteiger partial charge < -0.3 is 38.8 Å². The van der Waals surface area contributed by atoms with Gasteiger partial charge in [0.05, 0.1) is 22.2 Å². The van der Waals surface area contributed by atoms with Gasteiger partial charge in [-0.25, -0.2) is 0 Å². The van der Waals surface area contributed by atoms with Crippen LogP contribution in [0, 0.1) is 27.7 Å². The Hall–Kier alpha value is -3.27. The Kier molecular flexibility index (Phi) is 18.6. The largest absolute Gasteiger partial charge is 0.509 e. The first-order valence-electron chi connectivity index (χ1n) is 18.4. The number of halogens is 13. The molecule has 2 aliphatic rings. The second kappa shape index (κ2) is 20.9. The Morgan fingerprint density at radius 3 is 1.23 bits per heavy atom. The fraction of sp³-hybridized carbons (Fsp3) is 0.526. The quantitative estimate of drug-likeness (QED) is 0.140. The Bertz CT molecular complexity index is 2230. The monoisotopic (exact) mass is 1050 g/mol. The first kappa shape index (κ1) is 57.9. The summed E-state index contributed by atoms with van der Waals surface area (Å²) in [6.45, 7) is 6.14. The van der Waals surface area contributed by atoms with Gasteiger partial charge in [0.15, 0.2) is 19.8 Å². The number of benzene rings is 2. The van der Waals surface area contributed by atoms with Gasteiger partial charge in [-0.05, 0) is 125 Å². The fourth-order valence-electron chi connectivity index (χ4n) is 5.97. The third-order valence-electron chi connectivity index (χ3n) is 8.43. The molecule has 3 N–H and O–H groups in total. The van der Waals surface area contributed by atoms with Crippen LogP contribution in [0.3, 0.4) is 0 Å². The standard InChI is InChI=1S/C19H22F6NO4PS.C16H18F3NO3.C3H5ClF3OPS/c1-10-6-12(28-8-18(20,21)22)7-11(2)13(10)14-15(17(3,4)26-16(14)27)30-31(5,32)29-9-19(23,24)25;1-8-5-10(23-7-16(17,18)19)6-9(2)11(8)12-13(21)15(3,4)20-14(12)22;1-9(4,10)8-2-3(5,6)7/h6-7H,8-9H2,1-5H3,(H,26,27);5-6,21H,7H2,1-4H3,(H,20,22);2H2,1H3. The van der Waals surface area contributed by atoms with Crippen molar-refractivity contribution in [2.45, 2.75) is 91.2 Å². The van der Waals surface area contributed by atoms with Crippen molar-refractivity contribution in [3.8, 4) is 11.5 Å². The average molecular weight is 1050 g/mol. The van der Waals surface area contributed by atoms with Crippen molar-refractivity contribution in [1.29, 1.82) is 0 Å². The average Bonchev–Trinajstić information content (AvgIpc) is 3.42. The van der Waals surface area contributed by atoms with E-state index in [2.05, 4.69) is 27.0 Å². The van der Waals surface area contributed by atoms with Crippen molar-refractivity contribution in [2.24, 2.45) is 0 Å². The molecule has 65 heavy (non-hydrogen) atoms. The number of carbonyl (C=O) groups is 2. The fourth-order valence-corrected chi connectivity index (χ4v) is 8.12. The maximum Gasteiger partial charge on any atom is 0.422 e. The maximum atomic E-state index is 12.8.